The zero-order valence-electron chi connectivity index (χ0n) is 18.3. The molecule has 0 heteroatoms. The van der Waals surface area contributed by atoms with Crippen LogP contribution in [-0.4, -0.2) is 0 Å². The van der Waals surface area contributed by atoms with E-state index in [0.717, 1.165) is 5.92 Å². The Balaban J connectivity index is 3.69. The van der Waals surface area contributed by atoms with E-state index in [4.69, 9.17) is 0 Å². The van der Waals surface area contributed by atoms with E-state index < -0.39 is 0 Å². The number of hydrogen-bond donors (Lipinski definition) is 0. The summed E-state index contributed by atoms with van der Waals surface area (Å²) in [5.41, 5.74) is 0.897. The molecule has 0 nitrogen and oxygen atoms in total. The van der Waals surface area contributed by atoms with Crippen molar-refractivity contribution in [3.05, 3.63) is 6.42 Å². The van der Waals surface area contributed by atoms with Gasteiger partial charge in [-0.05, 0) is 42.4 Å². The Hall–Kier alpha value is 0. The Kier molecular flexibility index (Phi) is 13.2. The lowest BCUT2D eigenvalue weighted by Gasteiger charge is -2.31. The van der Waals surface area contributed by atoms with E-state index in [2.05, 4.69) is 54.9 Å². The van der Waals surface area contributed by atoms with Gasteiger partial charge in [-0.2, -0.15) is 0 Å². The topological polar surface area (TPSA) is 0 Å². The molecule has 0 rings (SSSR count). The zero-order valence-corrected chi connectivity index (χ0v) is 18.3. The first-order valence-electron chi connectivity index (χ1n) is 11.0. The lowest BCUT2D eigenvalue weighted by atomic mass is 9.75. The summed E-state index contributed by atoms with van der Waals surface area (Å²) in [6.07, 6.45) is 21.0. The van der Waals surface area contributed by atoms with Crippen molar-refractivity contribution in [3.63, 3.8) is 0 Å². The van der Waals surface area contributed by atoms with Gasteiger partial charge in [0.25, 0.3) is 0 Å². The van der Waals surface area contributed by atoms with Crippen LogP contribution in [0.1, 0.15) is 132 Å². The number of unbranched alkanes of at least 4 members (excludes halogenated alkanes) is 10. The molecule has 1 radical (unpaired) electrons. The minimum atomic E-state index is 0.449. The van der Waals surface area contributed by atoms with Gasteiger partial charge in [0.2, 0.25) is 0 Å². The maximum absolute atomic E-state index is 2.65. The molecule has 0 aromatic heterocycles. The molecule has 0 saturated heterocycles. The van der Waals surface area contributed by atoms with Gasteiger partial charge in [0, 0.05) is 0 Å². The third-order valence-electron chi connectivity index (χ3n) is 4.81. The molecule has 24 heavy (non-hydrogen) atoms. The fraction of sp³-hybridized carbons (Fsp3) is 0.958. The molecule has 0 aliphatic carbocycles. The lowest BCUT2D eigenvalue weighted by Crippen LogP contribution is -2.19. The first kappa shape index (κ1) is 24.0. The molecule has 0 aliphatic heterocycles. The maximum Gasteiger partial charge on any atom is -0.0354 e. The minimum Gasteiger partial charge on any atom is -0.0654 e. The van der Waals surface area contributed by atoms with Crippen LogP contribution >= 0.6 is 0 Å². The summed E-state index contributed by atoms with van der Waals surface area (Å²) >= 11 is 0. The third-order valence-corrected chi connectivity index (χ3v) is 4.81. The molecule has 0 aromatic rings. The van der Waals surface area contributed by atoms with E-state index in [1.807, 2.05) is 0 Å². The van der Waals surface area contributed by atoms with Crippen LogP contribution in [0.3, 0.4) is 0 Å². The predicted molar refractivity (Wildman–Crippen MR) is 112 cm³/mol. The molecule has 0 heterocycles. The molecule has 0 fully saturated rings. The van der Waals surface area contributed by atoms with Gasteiger partial charge in [-0.15, -0.1) is 0 Å². The first-order chi connectivity index (χ1) is 11.1. The van der Waals surface area contributed by atoms with Crippen molar-refractivity contribution in [1.29, 1.82) is 0 Å². The standard InChI is InChI=1S/C24H49/c1-8-9-10-11-12-13-14-15-16-17-18-19-22(20-23(2,3)4)21-24(5,6)7/h19,22H,8-18,20-21H2,1-7H3. The summed E-state index contributed by atoms with van der Waals surface area (Å²) in [4.78, 5) is 0. The van der Waals surface area contributed by atoms with Gasteiger partial charge in [-0.1, -0.05) is 113 Å². The molecule has 0 amide bonds. The van der Waals surface area contributed by atoms with Gasteiger partial charge in [-0.25, -0.2) is 0 Å². The fourth-order valence-electron chi connectivity index (χ4n) is 3.80. The van der Waals surface area contributed by atoms with Crippen LogP contribution in [0.2, 0.25) is 0 Å². The highest BCUT2D eigenvalue weighted by Crippen LogP contribution is 2.35. The minimum absolute atomic E-state index is 0.449. The Morgan fingerprint density at radius 3 is 1.33 bits per heavy atom. The maximum atomic E-state index is 2.65. The zero-order chi connectivity index (χ0) is 18.5. The Bertz CT molecular complexity index is 247. The molecule has 0 spiro atoms. The summed E-state index contributed by atoms with van der Waals surface area (Å²) in [7, 11) is 0. The van der Waals surface area contributed by atoms with E-state index in [1.165, 1.54) is 83.5 Å². The second-order valence-corrected chi connectivity index (χ2v) is 10.5. The normalized spacial score (nSPS) is 13.0. The third kappa shape index (κ3) is 18.3. The van der Waals surface area contributed by atoms with Crippen molar-refractivity contribution < 1.29 is 0 Å². The number of rotatable bonds is 14. The quantitative estimate of drug-likeness (QED) is 0.277. The van der Waals surface area contributed by atoms with E-state index >= 15 is 0 Å². The highest BCUT2D eigenvalue weighted by atomic mass is 14.3. The molecule has 0 aromatic carbocycles. The fourth-order valence-corrected chi connectivity index (χ4v) is 3.80. The lowest BCUT2D eigenvalue weighted by molar-refractivity contribution is 0.238. The summed E-state index contributed by atoms with van der Waals surface area (Å²) in [5.74, 6) is 0.795. The number of hydrogen-bond acceptors (Lipinski definition) is 0. The van der Waals surface area contributed by atoms with Gasteiger partial charge < -0.3 is 0 Å². The van der Waals surface area contributed by atoms with Gasteiger partial charge >= 0.3 is 0 Å². The summed E-state index contributed by atoms with van der Waals surface area (Å²) in [6, 6.07) is 0. The highest BCUT2D eigenvalue weighted by Gasteiger charge is 2.23. The van der Waals surface area contributed by atoms with Crippen molar-refractivity contribution in [3.8, 4) is 0 Å². The van der Waals surface area contributed by atoms with Crippen LogP contribution in [0.4, 0.5) is 0 Å². The van der Waals surface area contributed by atoms with Crippen molar-refractivity contribution in [2.24, 2.45) is 16.7 Å². The van der Waals surface area contributed by atoms with Gasteiger partial charge in [-0.3, -0.25) is 0 Å². The Morgan fingerprint density at radius 2 is 0.958 bits per heavy atom. The van der Waals surface area contributed by atoms with Crippen LogP contribution in [0.5, 0.6) is 0 Å². The van der Waals surface area contributed by atoms with Gasteiger partial charge in [0.1, 0.15) is 0 Å². The van der Waals surface area contributed by atoms with E-state index in [9.17, 15) is 0 Å². The van der Waals surface area contributed by atoms with Crippen LogP contribution in [0.15, 0.2) is 0 Å². The summed E-state index contributed by atoms with van der Waals surface area (Å²) in [6.45, 7) is 16.6. The van der Waals surface area contributed by atoms with Crippen molar-refractivity contribution >= 4 is 0 Å². The Morgan fingerprint density at radius 1 is 0.583 bits per heavy atom. The van der Waals surface area contributed by atoms with Crippen LogP contribution in [0, 0.1) is 23.2 Å². The van der Waals surface area contributed by atoms with Crippen LogP contribution in [0.25, 0.3) is 0 Å². The molecule has 0 N–H and O–H groups in total. The molecule has 0 atom stereocenters. The predicted octanol–water partition coefficient (Wildman–Crippen LogP) is 8.99. The summed E-state index contributed by atoms with van der Waals surface area (Å²) in [5, 5.41) is 0. The summed E-state index contributed by atoms with van der Waals surface area (Å²) < 4.78 is 0. The molecule has 145 valence electrons. The average molecular weight is 338 g/mol. The first-order valence-corrected chi connectivity index (χ1v) is 11.0. The van der Waals surface area contributed by atoms with Gasteiger partial charge in [0.05, 0.1) is 0 Å². The second kappa shape index (κ2) is 13.2. The SMILES string of the molecule is CCCCCCCCCCCC[CH]C(CC(C)(C)C)CC(C)(C)C. The molecule has 0 unspecified atom stereocenters. The van der Waals surface area contributed by atoms with Crippen molar-refractivity contribution in [2.75, 3.05) is 0 Å². The smallest absolute Gasteiger partial charge is 0.0354 e. The Labute approximate surface area is 155 Å². The van der Waals surface area contributed by atoms with Crippen LogP contribution < -0.4 is 0 Å². The molecule has 0 bridgehead atoms. The molecule has 0 aliphatic rings. The van der Waals surface area contributed by atoms with E-state index in [1.54, 1.807) is 0 Å². The average Bonchev–Trinajstić information content (AvgIpc) is 2.41. The second-order valence-electron chi connectivity index (χ2n) is 10.5. The monoisotopic (exact) mass is 337 g/mol. The van der Waals surface area contributed by atoms with E-state index in [-0.39, 0.29) is 0 Å². The largest absolute Gasteiger partial charge is 0.0654 e. The van der Waals surface area contributed by atoms with Gasteiger partial charge in [0.15, 0.2) is 0 Å². The molecular formula is C24H49. The van der Waals surface area contributed by atoms with Crippen molar-refractivity contribution in [1.82, 2.24) is 0 Å². The molecule has 0 saturated carbocycles. The van der Waals surface area contributed by atoms with Crippen molar-refractivity contribution in [2.45, 2.75) is 132 Å². The van der Waals surface area contributed by atoms with E-state index in [0.29, 0.717) is 10.8 Å². The highest BCUT2D eigenvalue weighted by molar-refractivity contribution is 4.84. The molecular weight excluding hydrogens is 288 g/mol. The van der Waals surface area contributed by atoms with Crippen LogP contribution in [-0.2, 0) is 0 Å².